The minimum atomic E-state index is -0.138. The number of anilines is 2. The van der Waals surface area contributed by atoms with Crippen LogP contribution in [0.3, 0.4) is 0 Å². The van der Waals surface area contributed by atoms with E-state index in [1.807, 2.05) is 40.6 Å². The van der Waals surface area contributed by atoms with E-state index >= 15 is 0 Å². The van der Waals surface area contributed by atoms with Gasteiger partial charge in [0.15, 0.2) is 0 Å². The van der Waals surface area contributed by atoms with E-state index in [0.29, 0.717) is 47.3 Å². The van der Waals surface area contributed by atoms with Crippen LogP contribution >= 0.6 is 22.9 Å². The molecule has 1 fully saturated rings. The maximum Gasteiger partial charge on any atom is 0.265 e. The Kier molecular flexibility index (Phi) is 5.78. The lowest BCUT2D eigenvalue weighted by molar-refractivity contribution is 0.0746. The Bertz CT molecular complexity index is 1000. The Morgan fingerprint density at radius 1 is 1.00 bits per heavy atom. The average molecular weight is 427 g/mol. The van der Waals surface area contributed by atoms with Gasteiger partial charge in [0.2, 0.25) is 0 Å². The predicted octanol–water partition coefficient (Wildman–Crippen LogP) is 4.01. The third-order valence-electron chi connectivity index (χ3n) is 4.75. The van der Waals surface area contributed by atoms with E-state index in [0.717, 1.165) is 5.82 Å². The first-order valence-corrected chi connectivity index (χ1v) is 10.5. The molecule has 3 aromatic rings. The van der Waals surface area contributed by atoms with Crippen LogP contribution < -0.4 is 10.2 Å². The van der Waals surface area contributed by atoms with Crippen LogP contribution in [0.15, 0.2) is 60.1 Å². The number of rotatable bonds is 4. The number of hydrogen-bond donors (Lipinski definition) is 1. The fourth-order valence-corrected chi connectivity index (χ4v) is 4.03. The number of nitrogens with zero attached hydrogens (tertiary/aromatic N) is 3. The van der Waals surface area contributed by atoms with Crippen LogP contribution in [-0.2, 0) is 0 Å². The Morgan fingerprint density at radius 3 is 2.45 bits per heavy atom. The first kappa shape index (κ1) is 19.4. The Labute approximate surface area is 177 Å². The fourth-order valence-electron chi connectivity index (χ4n) is 3.19. The number of carbonyl (C=O) groups excluding carboxylic acids is 2. The van der Waals surface area contributed by atoms with E-state index in [1.165, 1.54) is 11.3 Å². The van der Waals surface area contributed by atoms with E-state index in [-0.39, 0.29) is 11.8 Å². The second kappa shape index (κ2) is 8.63. The number of aromatic nitrogens is 1. The van der Waals surface area contributed by atoms with Gasteiger partial charge >= 0.3 is 0 Å². The molecule has 8 heteroatoms. The van der Waals surface area contributed by atoms with Crippen molar-refractivity contribution < 1.29 is 9.59 Å². The van der Waals surface area contributed by atoms with Crippen LogP contribution in [-0.4, -0.2) is 47.9 Å². The van der Waals surface area contributed by atoms with E-state index in [9.17, 15) is 9.59 Å². The molecule has 1 N–H and O–H groups in total. The van der Waals surface area contributed by atoms with Crippen molar-refractivity contribution in [2.75, 3.05) is 36.4 Å². The summed E-state index contributed by atoms with van der Waals surface area (Å²) < 4.78 is 0. The standard InChI is InChI=1S/C21H19ClN4O2S/c22-17-5-2-1-4-16(17)21(28)26-11-9-25(10-12-26)19-8-7-15(14-23-19)24-20(27)18-6-3-13-29-18/h1-8,13-14H,9-12H2,(H,24,27). The van der Waals surface area contributed by atoms with Gasteiger partial charge in [0, 0.05) is 26.2 Å². The molecule has 2 aromatic heterocycles. The van der Waals surface area contributed by atoms with Crippen LogP contribution in [0.5, 0.6) is 0 Å². The number of nitrogens with one attached hydrogen (secondary N) is 1. The van der Waals surface area contributed by atoms with Crippen molar-refractivity contribution in [2.45, 2.75) is 0 Å². The largest absolute Gasteiger partial charge is 0.353 e. The normalized spacial score (nSPS) is 14.0. The van der Waals surface area contributed by atoms with Gasteiger partial charge in [-0.2, -0.15) is 0 Å². The van der Waals surface area contributed by atoms with Gasteiger partial charge in [-0.05, 0) is 35.7 Å². The van der Waals surface area contributed by atoms with Gasteiger partial charge in [0.1, 0.15) is 5.82 Å². The minimum Gasteiger partial charge on any atom is -0.353 e. The summed E-state index contributed by atoms with van der Waals surface area (Å²) in [5.41, 5.74) is 1.19. The number of thiophene rings is 1. The molecule has 0 spiro atoms. The molecule has 0 saturated carbocycles. The maximum absolute atomic E-state index is 12.7. The number of carbonyl (C=O) groups is 2. The van der Waals surface area contributed by atoms with Crippen LogP contribution in [0.4, 0.5) is 11.5 Å². The van der Waals surface area contributed by atoms with Crippen LogP contribution in [0, 0.1) is 0 Å². The number of hydrogen-bond acceptors (Lipinski definition) is 5. The quantitative estimate of drug-likeness (QED) is 0.684. The van der Waals surface area contributed by atoms with E-state index in [1.54, 1.807) is 24.4 Å². The van der Waals surface area contributed by atoms with Crippen molar-refractivity contribution >= 4 is 46.3 Å². The Morgan fingerprint density at radius 2 is 1.79 bits per heavy atom. The second-order valence-electron chi connectivity index (χ2n) is 6.60. The smallest absolute Gasteiger partial charge is 0.265 e. The first-order chi connectivity index (χ1) is 14.1. The van der Waals surface area contributed by atoms with Gasteiger partial charge in [-0.3, -0.25) is 9.59 Å². The lowest BCUT2D eigenvalue weighted by atomic mass is 10.2. The molecular formula is C21H19ClN4O2S. The van der Waals surface area contributed by atoms with Gasteiger partial charge < -0.3 is 15.1 Å². The summed E-state index contributed by atoms with van der Waals surface area (Å²) >= 11 is 7.55. The number of pyridine rings is 1. The van der Waals surface area contributed by atoms with Gasteiger partial charge in [0.25, 0.3) is 11.8 Å². The molecule has 29 heavy (non-hydrogen) atoms. The van der Waals surface area contributed by atoms with Crippen molar-refractivity contribution in [2.24, 2.45) is 0 Å². The molecule has 2 amide bonds. The highest BCUT2D eigenvalue weighted by Crippen LogP contribution is 2.21. The molecule has 0 unspecified atom stereocenters. The topological polar surface area (TPSA) is 65.5 Å². The molecule has 0 bridgehead atoms. The summed E-state index contributed by atoms with van der Waals surface area (Å²) in [6, 6.07) is 14.5. The number of piperazine rings is 1. The first-order valence-electron chi connectivity index (χ1n) is 9.21. The third kappa shape index (κ3) is 4.41. The summed E-state index contributed by atoms with van der Waals surface area (Å²) in [6.07, 6.45) is 1.65. The molecule has 4 rings (SSSR count). The van der Waals surface area contributed by atoms with Gasteiger partial charge in [0.05, 0.1) is 27.3 Å². The van der Waals surface area contributed by atoms with Gasteiger partial charge in [-0.15, -0.1) is 11.3 Å². The molecule has 1 saturated heterocycles. The molecule has 148 valence electrons. The monoisotopic (exact) mass is 426 g/mol. The van der Waals surface area contributed by atoms with Gasteiger partial charge in [-0.1, -0.05) is 29.8 Å². The summed E-state index contributed by atoms with van der Waals surface area (Å²) in [5.74, 6) is 0.639. The molecule has 0 aliphatic carbocycles. The lowest BCUT2D eigenvalue weighted by Gasteiger charge is -2.35. The second-order valence-corrected chi connectivity index (χ2v) is 7.95. The number of amides is 2. The minimum absolute atomic E-state index is 0.0464. The van der Waals surface area contributed by atoms with E-state index < -0.39 is 0 Å². The zero-order chi connectivity index (χ0) is 20.2. The van der Waals surface area contributed by atoms with Crippen molar-refractivity contribution in [3.8, 4) is 0 Å². The van der Waals surface area contributed by atoms with Crippen molar-refractivity contribution in [3.63, 3.8) is 0 Å². The highest BCUT2D eigenvalue weighted by Gasteiger charge is 2.24. The lowest BCUT2D eigenvalue weighted by Crippen LogP contribution is -2.49. The van der Waals surface area contributed by atoms with E-state index in [2.05, 4.69) is 15.2 Å². The van der Waals surface area contributed by atoms with Crippen LogP contribution in [0.25, 0.3) is 0 Å². The molecule has 1 aliphatic rings. The molecule has 1 aromatic carbocycles. The molecular weight excluding hydrogens is 408 g/mol. The highest BCUT2D eigenvalue weighted by molar-refractivity contribution is 7.12. The summed E-state index contributed by atoms with van der Waals surface area (Å²) in [7, 11) is 0. The van der Waals surface area contributed by atoms with Crippen LogP contribution in [0.1, 0.15) is 20.0 Å². The molecule has 6 nitrogen and oxygen atoms in total. The van der Waals surface area contributed by atoms with Crippen molar-refractivity contribution in [1.82, 2.24) is 9.88 Å². The Hall–Kier alpha value is -2.90. The molecule has 3 heterocycles. The molecule has 0 radical (unpaired) electrons. The zero-order valence-electron chi connectivity index (χ0n) is 15.5. The third-order valence-corrected chi connectivity index (χ3v) is 5.94. The number of halogens is 1. The van der Waals surface area contributed by atoms with Crippen LogP contribution in [0.2, 0.25) is 5.02 Å². The zero-order valence-corrected chi connectivity index (χ0v) is 17.1. The average Bonchev–Trinajstić information content (AvgIpc) is 3.30. The summed E-state index contributed by atoms with van der Waals surface area (Å²) in [6.45, 7) is 2.57. The number of benzene rings is 1. The fraction of sp³-hybridized carbons (Fsp3) is 0.190. The van der Waals surface area contributed by atoms with Crippen molar-refractivity contribution in [1.29, 1.82) is 0 Å². The summed E-state index contributed by atoms with van der Waals surface area (Å²) in [4.78, 5) is 33.9. The molecule has 1 aliphatic heterocycles. The SMILES string of the molecule is O=C(Nc1ccc(N2CCN(C(=O)c3ccccc3Cl)CC2)nc1)c1cccs1. The summed E-state index contributed by atoms with van der Waals surface area (Å²) in [5, 5.41) is 5.19. The van der Waals surface area contributed by atoms with Crippen molar-refractivity contribution in [3.05, 3.63) is 75.6 Å². The van der Waals surface area contributed by atoms with Gasteiger partial charge in [-0.25, -0.2) is 4.98 Å². The maximum atomic E-state index is 12.7. The highest BCUT2D eigenvalue weighted by atomic mass is 35.5. The Balaban J connectivity index is 1.34. The predicted molar refractivity (Wildman–Crippen MR) is 116 cm³/mol. The van der Waals surface area contributed by atoms with E-state index in [4.69, 9.17) is 11.6 Å². The molecule has 0 atom stereocenters.